The van der Waals surface area contributed by atoms with E-state index in [0.717, 1.165) is 19.7 Å². The summed E-state index contributed by atoms with van der Waals surface area (Å²) in [5.74, 6) is 0. The highest BCUT2D eigenvalue weighted by Gasteiger charge is 2.17. The first-order chi connectivity index (χ1) is 7.54. The molecule has 0 heterocycles. The van der Waals surface area contributed by atoms with Crippen molar-refractivity contribution in [2.24, 2.45) is 0 Å². The van der Waals surface area contributed by atoms with E-state index in [1.54, 1.807) is 7.11 Å². The zero-order valence-corrected chi connectivity index (χ0v) is 11.4. The van der Waals surface area contributed by atoms with Crippen molar-refractivity contribution in [2.75, 3.05) is 33.4 Å². The molecular formula is C12H28N2O2. The first-order valence-electron chi connectivity index (χ1n) is 6.15. The predicted octanol–water partition coefficient (Wildman–Crippen LogP) is 0.702. The van der Waals surface area contributed by atoms with Crippen LogP contribution in [0.25, 0.3) is 0 Å². The second-order valence-corrected chi connectivity index (χ2v) is 4.59. The number of nitrogens with zero attached hydrogens (tertiary/aromatic N) is 1. The van der Waals surface area contributed by atoms with Crippen LogP contribution in [0, 0.1) is 0 Å². The average Bonchev–Trinajstić information content (AvgIpc) is 2.23. The van der Waals surface area contributed by atoms with Crippen LogP contribution in [0.1, 0.15) is 27.7 Å². The molecule has 0 aromatic heterocycles. The molecule has 0 aromatic carbocycles. The van der Waals surface area contributed by atoms with Gasteiger partial charge in [0.25, 0.3) is 0 Å². The third-order valence-electron chi connectivity index (χ3n) is 2.68. The molecule has 2 atom stereocenters. The summed E-state index contributed by atoms with van der Waals surface area (Å²) in [4.78, 5) is 2.32. The van der Waals surface area contributed by atoms with Gasteiger partial charge in [0.1, 0.15) is 0 Å². The molecule has 2 N–H and O–H groups in total. The van der Waals surface area contributed by atoms with Crippen molar-refractivity contribution in [3.05, 3.63) is 0 Å². The van der Waals surface area contributed by atoms with E-state index >= 15 is 0 Å². The molecule has 2 unspecified atom stereocenters. The number of hydrogen-bond donors (Lipinski definition) is 2. The number of nitrogens with one attached hydrogen (secondary N) is 1. The Balaban J connectivity index is 4.15. The van der Waals surface area contributed by atoms with Gasteiger partial charge in [-0.25, -0.2) is 0 Å². The molecule has 98 valence electrons. The van der Waals surface area contributed by atoms with Crippen molar-refractivity contribution in [2.45, 2.75) is 45.8 Å². The molecule has 0 rings (SSSR count). The normalized spacial score (nSPS) is 15.8. The van der Waals surface area contributed by atoms with Crippen molar-refractivity contribution >= 4 is 0 Å². The maximum atomic E-state index is 9.31. The summed E-state index contributed by atoms with van der Waals surface area (Å²) in [6.07, 6.45) is 0. The molecule has 0 aromatic rings. The van der Waals surface area contributed by atoms with Crippen LogP contribution in [0.4, 0.5) is 0 Å². The minimum Gasteiger partial charge on any atom is -0.395 e. The van der Waals surface area contributed by atoms with Gasteiger partial charge in [-0.1, -0.05) is 20.8 Å². The van der Waals surface area contributed by atoms with Crippen molar-refractivity contribution in [1.29, 1.82) is 0 Å². The molecule has 0 amide bonds. The van der Waals surface area contributed by atoms with E-state index in [4.69, 9.17) is 4.74 Å². The maximum Gasteiger partial charge on any atom is 0.0615 e. The van der Waals surface area contributed by atoms with Gasteiger partial charge in [0, 0.05) is 31.8 Å². The topological polar surface area (TPSA) is 44.7 Å². The van der Waals surface area contributed by atoms with Crippen LogP contribution in [0.2, 0.25) is 0 Å². The molecule has 16 heavy (non-hydrogen) atoms. The Morgan fingerprint density at radius 1 is 1.31 bits per heavy atom. The number of aliphatic hydroxyl groups is 1. The molecule has 0 fully saturated rings. The minimum atomic E-state index is 0.138. The molecule has 0 radical (unpaired) electrons. The van der Waals surface area contributed by atoms with Crippen LogP contribution in [-0.4, -0.2) is 61.5 Å². The van der Waals surface area contributed by atoms with Gasteiger partial charge < -0.3 is 15.2 Å². The Labute approximate surface area is 100.0 Å². The highest BCUT2D eigenvalue weighted by Crippen LogP contribution is 2.01. The van der Waals surface area contributed by atoms with E-state index in [2.05, 4.69) is 37.9 Å². The van der Waals surface area contributed by atoms with Gasteiger partial charge in [0.15, 0.2) is 0 Å². The zero-order valence-electron chi connectivity index (χ0n) is 11.4. The fourth-order valence-corrected chi connectivity index (χ4v) is 1.88. The van der Waals surface area contributed by atoms with Crippen LogP contribution in [0.5, 0.6) is 0 Å². The smallest absolute Gasteiger partial charge is 0.0615 e. The summed E-state index contributed by atoms with van der Waals surface area (Å²) in [5.41, 5.74) is 0. The van der Waals surface area contributed by atoms with Crippen LogP contribution < -0.4 is 5.32 Å². The summed E-state index contributed by atoms with van der Waals surface area (Å²) in [7, 11) is 1.72. The van der Waals surface area contributed by atoms with E-state index in [1.165, 1.54) is 0 Å². The quantitative estimate of drug-likeness (QED) is 0.614. The monoisotopic (exact) mass is 232 g/mol. The van der Waals surface area contributed by atoms with Crippen LogP contribution in [0.3, 0.4) is 0 Å². The van der Waals surface area contributed by atoms with Crippen molar-refractivity contribution in [3.63, 3.8) is 0 Å². The van der Waals surface area contributed by atoms with Crippen molar-refractivity contribution in [1.82, 2.24) is 10.2 Å². The number of ether oxygens (including phenoxy) is 1. The highest BCUT2D eigenvalue weighted by molar-refractivity contribution is 4.75. The Hall–Kier alpha value is -0.160. The molecule has 0 saturated heterocycles. The summed E-state index contributed by atoms with van der Waals surface area (Å²) >= 11 is 0. The van der Waals surface area contributed by atoms with Gasteiger partial charge in [0.2, 0.25) is 0 Å². The highest BCUT2D eigenvalue weighted by atomic mass is 16.5. The first-order valence-corrected chi connectivity index (χ1v) is 6.15. The van der Waals surface area contributed by atoms with Gasteiger partial charge in [0.05, 0.1) is 13.2 Å². The number of hydrogen-bond acceptors (Lipinski definition) is 4. The molecule has 4 heteroatoms. The Kier molecular flexibility index (Phi) is 8.84. The molecule has 0 aliphatic rings. The molecular weight excluding hydrogens is 204 g/mol. The molecule has 0 aliphatic carbocycles. The number of rotatable bonds is 9. The van der Waals surface area contributed by atoms with E-state index < -0.39 is 0 Å². The maximum absolute atomic E-state index is 9.31. The third kappa shape index (κ3) is 6.43. The van der Waals surface area contributed by atoms with Crippen molar-refractivity contribution in [3.8, 4) is 0 Å². The van der Waals surface area contributed by atoms with E-state index in [1.807, 2.05) is 0 Å². The largest absolute Gasteiger partial charge is 0.395 e. The molecule has 0 saturated carbocycles. The molecule has 0 aliphatic heterocycles. The standard InChI is InChI=1S/C12H28N2O2/c1-6-14(11(4)9-16-5)7-12(8-15)13-10(2)3/h10-13,15H,6-9H2,1-5H3. The predicted molar refractivity (Wildman–Crippen MR) is 67.7 cm³/mol. The van der Waals surface area contributed by atoms with E-state index in [-0.39, 0.29) is 12.6 Å². The van der Waals surface area contributed by atoms with Gasteiger partial charge in [-0.3, -0.25) is 4.90 Å². The lowest BCUT2D eigenvalue weighted by atomic mass is 10.2. The fraction of sp³-hybridized carbons (Fsp3) is 1.00. The van der Waals surface area contributed by atoms with Crippen LogP contribution in [0.15, 0.2) is 0 Å². The summed E-state index contributed by atoms with van der Waals surface area (Å²) in [5, 5.41) is 12.7. The molecule has 0 bridgehead atoms. The van der Waals surface area contributed by atoms with Crippen molar-refractivity contribution < 1.29 is 9.84 Å². The summed E-state index contributed by atoms with van der Waals surface area (Å²) in [6.45, 7) is 11.2. The second-order valence-electron chi connectivity index (χ2n) is 4.59. The Bertz CT molecular complexity index is 165. The zero-order chi connectivity index (χ0) is 12.6. The number of methoxy groups -OCH3 is 1. The first kappa shape index (κ1) is 15.8. The Morgan fingerprint density at radius 2 is 1.94 bits per heavy atom. The van der Waals surface area contributed by atoms with Crippen LogP contribution in [-0.2, 0) is 4.74 Å². The molecule has 4 nitrogen and oxygen atoms in total. The third-order valence-corrected chi connectivity index (χ3v) is 2.68. The van der Waals surface area contributed by atoms with Gasteiger partial charge in [-0.05, 0) is 13.5 Å². The number of aliphatic hydroxyl groups excluding tert-OH is 1. The lowest BCUT2D eigenvalue weighted by Crippen LogP contribution is -2.49. The number of likely N-dealkylation sites (N-methyl/N-ethyl adjacent to an activating group) is 1. The summed E-state index contributed by atoms with van der Waals surface area (Å²) < 4.78 is 5.16. The SMILES string of the molecule is CCN(CC(CO)NC(C)C)C(C)COC. The average molecular weight is 232 g/mol. The fourth-order valence-electron chi connectivity index (χ4n) is 1.88. The second kappa shape index (κ2) is 8.93. The van der Waals surface area contributed by atoms with E-state index in [0.29, 0.717) is 12.1 Å². The van der Waals surface area contributed by atoms with Gasteiger partial charge in [-0.2, -0.15) is 0 Å². The van der Waals surface area contributed by atoms with E-state index in [9.17, 15) is 5.11 Å². The minimum absolute atomic E-state index is 0.138. The lowest BCUT2D eigenvalue weighted by molar-refractivity contribution is 0.0861. The Morgan fingerprint density at radius 3 is 2.31 bits per heavy atom. The van der Waals surface area contributed by atoms with Gasteiger partial charge >= 0.3 is 0 Å². The lowest BCUT2D eigenvalue weighted by Gasteiger charge is -2.31. The molecule has 0 spiro atoms. The summed E-state index contributed by atoms with van der Waals surface area (Å²) in [6, 6.07) is 0.922. The van der Waals surface area contributed by atoms with Crippen LogP contribution >= 0.6 is 0 Å². The van der Waals surface area contributed by atoms with Gasteiger partial charge in [-0.15, -0.1) is 0 Å².